The maximum absolute atomic E-state index is 6.05. The molecule has 5 heteroatoms. The molecule has 21 heavy (non-hydrogen) atoms. The topological polar surface area (TPSA) is 38.5 Å². The summed E-state index contributed by atoms with van der Waals surface area (Å²) in [6, 6.07) is 6.89. The zero-order valence-electron chi connectivity index (χ0n) is 12.4. The summed E-state index contributed by atoms with van der Waals surface area (Å²) in [4.78, 5) is 4.18. The molecule has 1 aliphatic carbocycles. The number of morpholine rings is 1. The number of hydrogen-bond donors (Lipinski definition) is 1. The minimum atomic E-state index is 0.375. The van der Waals surface area contributed by atoms with E-state index in [1.807, 2.05) is 11.8 Å². The summed E-state index contributed by atoms with van der Waals surface area (Å²) in [5.41, 5.74) is 8.29. The molecule has 2 fully saturated rings. The Morgan fingerprint density at radius 1 is 1.48 bits per heavy atom. The molecule has 0 spiro atoms. The van der Waals surface area contributed by atoms with Gasteiger partial charge in [-0.2, -0.15) is 0 Å². The first-order chi connectivity index (χ1) is 10.2. The van der Waals surface area contributed by atoms with Gasteiger partial charge in [0, 0.05) is 22.7 Å². The minimum absolute atomic E-state index is 0.375. The molecule has 0 radical (unpaired) electrons. The molecule has 3 rings (SSSR count). The summed E-state index contributed by atoms with van der Waals surface area (Å²) in [5.74, 6) is 1.02. The van der Waals surface area contributed by atoms with Crippen molar-refractivity contribution in [3.63, 3.8) is 0 Å². The van der Waals surface area contributed by atoms with Gasteiger partial charge in [0.25, 0.3) is 0 Å². The number of anilines is 1. The standard InChI is InChI=1S/C16H22N2OS2/c1-2-21-14-8-4-6-12(15(14)16(17)20)18-9-10-19-13-7-3-5-11(13)18/h4,6,8,11,13H,2-3,5,7,9-10H2,1H3,(H2,17,20). The van der Waals surface area contributed by atoms with Crippen LogP contribution in [0.15, 0.2) is 23.1 Å². The molecule has 2 aliphatic rings. The van der Waals surface area contributed by atoms with E-state index in [9.17, 15) is 0 Å². The van der Waals surface area contributed by atoms with Crippen LogP contribution in [0.3, 0.4) is 0 Å². The van der Waals surface area contributed by atoms with E-state index in [-0.39, 0.29) is 0 Å². The Morgan fingerprint density at radius 2 is 2.33 bits per heavy atom. The Balaban J connectivity index is 2.00. The highest BCUT2D eigenvalue weighted by molar-refractivity contribution is 7.99. The van der Waals surface area contributed by atoms with Crippen LogP contribution in [0.2, 0.25) is 0 Å². The van der Waals surface area contributed by atoms with Crippen LogP contribution >= 0.6 is 24.0 Å². The van der Waals surface area contributed by atoms with Crippen molar-refractivity contribution < 1.29 is 4.74 Å². The summed E-state index contributed by atoms with van der Waals surface area (Å²) in [6.45, 7) is 3.88. The number of fused-ring (bicyclic) bond motifs is 1. The highest BCUT2D eigenvalue weighted by Gasteiger charge is 2.37. The lowest BCUT2D eigenvalue weighted by Crippen LogP contribution is -2.49. The van der Waals surface area contributed by atoms with Crippen molar-refractivity contribution in [3.8, 4) is 0 Å². The number of thioether (sulfide) groups is 1. The maximum atomic E-state index is 6.05. The number of rotatable bonds is 4. The van der Waals surface area contributed by atoms with Crippen molar-refractivity contribution >= 4 is 34.7 Å². The molecule has 1 aromatic carbocycles. The van der Waals surface area contributed by atoms with E-state index in [2.05, 4.69) is 30.0 Å². The van der Waals surface area contributed by atoms with Crippen LogP contribution in [0.25, 0.3) is 0 Å². The normalized spacial score (nSPS) is 24.9. The van der Waals surface area contributed by atoms with Crippen LogP contribution in [-0.2, 0) is 4.74 Å². The Bertz CT molecular complexity index is 535. The highest BCUT2D eigenvalue weighted by atomic mass is 32.2. The zero-order chi connectivity index (χ0) is 14.8. The second kappa shape index (κ2) is 6.55. The number of nitrogens with two attached hydrogens (primary N) is 1. The van der Waals surface area contributed by atoms with Crippen molar-refractivity contribution in [1.82, 2.24) is 0 Å². The molecule has 1 saturated carbocycles. The van der Waals surface area contributed by atoms with E-state index < -0.39 is 0 Å². The van der Waals surface area contributed by atoms with Gasteiger partial charge >= 0.3 is 0 Å². The third-order valence-electron chi connectivity index (χ3n) is 4.34. The third kappa shape index (κ3) is 2.91. The molecule has 3 nitrogen and oxygen atoms in total. The van der Waals surface area contributed by atoms with Crippen molar-refractivity contribution in [2.45, 2.75) is 43.2 Å². The van der Waals surface area contributed by atoms with Gasteiger partial charge < -0.3 is 15.4 Å². The maximum Gasteiger partial charge on any atom is 0.107 e. The van der Waals surface area contributed by atoms with Gasteiger partial charge in [0.05, 0.1) is 18.8 Å². The van der Waals surface area contributed by atoms with Crippen LogP contribution in [0.1, 0.15) is 31.7 Å². The monoisotopic (exact) mass is 322 g/mol. The van der Waals surface area contributed by atoms with Gasteiger partial charge in [0.2, 0.25) is 0 Å². The molecule has 1 aliphatic heterocycles. The molecule has 0 amide bonds. The zero-order valence-corrected chi connectivity index (χ0v) is 14.0. The van der Waals surface area contributed by atoms with E-state index in [1.165, 1.54) is 29.8 Å². The fourth-order valence-corrected chi connectivity index (χ4v) is 4.63. The van der Waals surface area contributed by atoms with Gasteiger partial charge in [-0.15, -0.1) is 11.8 Å². The molecule has 114 valence electrons. The van der Waals surface area contributed by atoms with Gasteiger partial charge in [0.15, 0.2) is 0 Å². The second-order valence-electron chi connectivity index (χ2n) is 5.55. The molecule has 1 saturated heterocycles. The number of thiocarbonyl (C=S) groups is 1. The lowest BCUT2D eigenvalue weighted by Gasteiger charge is -2.40. The molecule has 2 atom stereocenters. The smallest absolute Gasteiger partial charge is 0.107 e. The van der Waals surface area contributed by atoms with Crippen molar-refractivity contribution in [1.29, 1.82) is 0 Å². The molecular formula is C16H22N2OS2. The first kappa shape index (κ1) is 15.1. The summed E-state index contributed by atoms with van der Waals surface area (Å²) in [5, 5.41) is 0. The third-order valence-corrected chi connectivity index (χ3v) is 5.49. The van der Waals surface area contributed by atoms with E-state index in [1.54, 1.807) is 0 Å². The van der Waals surface area contributed by atoms with Crippen LogP contribution in [0.4, 0.5) is 5.69 Å². The Morgan fingerprint density at radius 3 is 3.10 bits per heavy atom. The van der Waals surface area contributed by atoms with E-state index in [0.29, 0.717) is 17.1 Å². The number of nitrogens with zero attached hydrogens (tertiary/aromatic N) is 1. The minimum Gasteiger partial charge on any atom is -0.389 e. The van der Waals surface area contributed by atoms with Crippen molar-refractivity contribution in [2.24, 2.45) is 5.73 Å². The highest BCUT2D eigenvalue weighted by Crippen LogP contribution is 2.37. The molecule has 0 bridgehead atoms. The number of ether oxygens (including phenoxy) is 1. The average Bonchev–Trinajstić information content (AvgIpc) is 2.95. The van der Waals surface area contributed by atoms with Crippen molar-refractivity contribution in [2.75, 3.05) is 23.8 Å². The Hall–Kier alpha value is -0.780. The molecule has 1 heterocycles. The van der Waals surface area contributed by atoms with Crippen molar-refractivity contribution in [3.05, 3.63) is 23.8 Å². The van der Waals surface area contributed by atoms with Gasteiger partial charge in [0.1, 0.15) is 4.99 Å². The van der Waals surface area contributed by atoms with E-state index >= 15 is 0 Å². The quantitative estimate of drug-likeness (QED) is 0.681. The molecule has 2 N–H and O–H groups in total. The Kier molecular flexibility index (Phi) is 4.72. The SMILES string of the molecule is CCSc1cccc(N2CCOC3CCCC32)c1C(N)=S. The molecule has 1 aromatic rings. The number of benzene rings is 1. The fourth-order valence-electron chi connectivity index (χ4n) is 3.51. The number of hydrogen-bond acceptors (Lipinski definition) is 4. The van der Waals surface area contributed by atoms with Crippen LogP contribution < -0.4 is 10.6 Å². The largest absolute Gasteiger partial charge is 0.389 e. The van der Waals surface area contributed by atoms with Gasteiger partial charge in [-0.05, 0) is 37.1 Å². The van der Waals surface area contributed by atoms with E-state index in [0.717, 1.165) is 24.5 Å². The Labute approximate surface area is 136 Å². The second-order valence-corrected chi connectivity index (χ2v) is 7.29. The molecular weight excluding hydrogens is 300 g/mol. The predicted octanol–water partition coefficient (Wildman–Crippen LogP) is 3.19. The predicted molar refractivity (Wildman–Crippen MR) is 93.5 cm³/mol. The average molecular weight is 322 g/mol. The van der Waals surface area contributed by atoms with Gasteiger partial charge in [-0.1, -0.05) is 25.2 Å². The van der Waals surface area contributed by atoms with Crippen LogP contribution in [0, 0.1) is 0 Å². The summed E-state index contributed by atoms with van der Waals surface area (Å²) in [6.07, 6.45) is 4.00. The van der Waals surface area contributed by atoms with Gasteiger partial charge in [-0.25, -0.2) is 0 Å². The summed E-state index contributed by atoms with van der Waals surface area (Å²) >= 11 is 7.16. The van der Waals surface area contributed by atoms with Gasteiger partial charge in [-0.3, -0.25) is 0 Å². The molecule has 0 aromatic heterocycles. The van der Waals surface area contributed by atoms with Crippen LogP contribution in [0.5, 0.6) is 0 Å². The lowest BCUT2D eigenvalue weighted by atomic mass is 10.1. The van der Waals surface area contributed by atoms with Crippen LogP contribution in [-0.4, -0.2) is 36.0 Å². The first-order valence-corrected chi connectivity index (χ1v) is 9.05. The fraction of sp³-hybridized carbons (Fsp3) is 0.562. The lowest BCUT2D eigenvalue weighted by molar-refractivity contribution is 0.0256. The molecule has 2 unspecified atom stereocenters. The van der Waals surface area contributed by atoms with E-state index in [4.69, 9.17) is 22.7 Å². The summed E-state index contributed by atoms with van der Waals surface area (Å²) in [7, 11) is 0. The first-order valence-electron chi connectivity index (χ1n) is 7.66. The summed E-state index contributed by atoms with van der Waals surface area (Å²) < 4.78 is 5.92.